The van der Waals surface area contributed by atoms with Crippen molar-refractivity contribution < 1.29 is 19.1 Å². The number of rotatable bonds is 10. The number of hydrogen-bond donors (Lipinski definition) is 4. The van der Waals surface area contributed by atoms with Gasteiger partial charge in [-0.15, -0.1) is 0 Å². The molecule has 10 nitrogen and oxygen atoms in total. The van der Waals surface area contributed by atoms with Crippen LogP contribution in [0.3, 0.4) is 0 Å². The molecule has 0 saturated carbocycles. The molecule has 6 aromatic rings. The highest BCUT2D eigenvalue weighted by molar-refractivity contribution is 7.80. The lowest BCUT2D eigenvalue weighted by Gasteiger charge is -2.13. The molecule has 6 rings (SSSR count). The Labute approximate surface area is 325 Å². The maximum absolute atomic E-state index is 12.5. The zero-order valence-electron chi connectivity index (χ0n) is 27.5. The number of anilines is 2. The second-order valence-corrected chi connectivity index (χ2v) is 12.7. The number of nitrogens with one attached hydrogen (secondary N) is 4. The number of hydrogen-bond acceptors (Lipinski definition) is 8. The Balaban J connectivity index is 1.04. The topological polar surface area (TPSA) is 126 Å². The third-order valence-electron chi connectivity index (χ3n) is 7.38. The van der Waals surface area contributed by atoms with Crippen molar-refractivity contribution in [2.75, 3.05) is 10.6 Å². The first-order valence-electron chi connectivity index (χ1n) is 15.9. The van der Waals surface area contributed by atoms with Gasteiger partial charge in [0.15, 0.2) is 10.2 Å². The van der Waals surface area contributed by atoms with Crippen LogP contribution in [0.25, 0.3) is 11.1 Å². The number of pyridine rings is 2. The second kappa shape index (κ2) is 17.5. The smallest absolute Gasteiger partial charge is 0.260 e. The summed E-state index contributed by atoms with van der Waals surface area (Å²) >= 11 is 22.7. The van der Waals surface area contributed by atoms with E-state index in [1.807, 2.05) is 72.8 Å². The molecule has 0 saturated heterocycles. The fraction of sp³-hybridized carbons (Fsp3) is 0.0256. The average Bonchev–Trinajstić information content (AvgIpc) is 3.14. The van der Waals surface area contributed by atoms with E-state index in [0.717, 1.165) is 16.7 Å². The van der Waals surface area contributed by atoms with E-state index in [2.05, 4.69) is 31.2 Å². The van der Waals surface area contributed by atoms with Crippen LogP contribution in [0.5, 0.6) is 17.2 Å². The van der Waals surface area contributed by atoms with Crippen LogP contribution in [0.2, 0.25) is 10.3 Å². The average molecular weight is 780 g/mol. The van der Waals surface area contributed by atoms with Gasteiger partial charge >= 0.3 is 0 Å². The fourth-order valence-corrected chi connectivity index (χ4v) is 5.79. The lowest BCUT2D eigenvalue weighted by molar-refractivity contribution is 0.0969. The van der Waals surface area contributed by atoms with Crippen LogP contribution >= 0.6 is 47.6 Å². The van der Waals surface area contributed by atoms with Gasteiger partial charge in [0.05, 0.1) is 11.1 Å². The van der Waals surface area contributed by atoms with Crippen molar-refractivity contribution in [3.05, 3.63) is 161 Å². The van der Waals surface area contributed by atoms with Crippen molar-refractivity contribution in [3.63, 3.8) is 0 Å². The molecule has 2 amide bonds. The van der Waals surface area contributed by atoms with Gasteiger partial charge in [-0.1, -0.05) is 65.7 Å². The van der Waals surface area contributed by atoms with Crippen LogP contribution in [0.4, 0.5) is 11.4 Å². The minimum atomic E-state index is -0.472. The highest BCUT2D eigenvalue weighted by Crippen LogP contribution is 2.30. The summed E-state index contributed by atoms with van der Waals surface area (Å²) in [5.41, 5.74) is 4.57. The minimum Gasteiger partial charge on any atom is -0.489 e. The minimum absolute atomic E-state index is 0.0845. The molecule has 2 aromatic heterocycles. The molecule has 0 spiro atoms. The zero-order chi connectivity index (χ0) is 37.2. The monoisotopic (exact) mass is 778 g/mol. The van der Waals surface area contributed by atoms with Gasteiger partial charge in [-0.25, -0.2) is 9.97 Å². The van der Waals surface area contributed by atoms with Gasteiger partial charge in [-0.05, 0) is 108 Å². The van der Waals surface area contributed by atoms with E-state index in [9.17, 15) is 9.59 Å². The maximum Gasteiger partial charge on any atom is 0.260 e. The molecule has 53 heavy (non-hydrogen) atoms. The van der Waals surface area contributed by atoms with Crippen molar-refractivity contribution in [3.8, 4) is 28.4 Å². The first-order chi connectivity index (χ1) is 25.7. The summed E-state index contributed by atoms with van der Waals surface area (Å²) in [6, 6.07) is 36.5. The van der Waals surface area contributed by atoms with Crippen LogP contribution in [0, 0.1) is 0 Å². The number of carbonyl (C=O) groups excluding carboxylic acids is 2. The van der Waals surface area contributed by atoms with Crippen molar-refractivity contribution in [1.82, 2.24) is 20.6 Å². The van der Waals surface area contributed by atoms with Crippen molar-refractivity contribution in [2.45, 2.75) is 6.61 Å². The number of nitrogens with zero attached hydrogens (tertiary/aromatic N) is 2. The molecule has 0 atom stereocenters. The number of aromatic nitrogens is 2. The Bertz CT molecular complexity index is 2330. The molecule has 0 radical (unpaired) electrons. The summed E-state index contributed by atoms with van der Waals surface area (Å²) < 4.78 is 12.3. The van der Waals surface area contributed by atoms with E-state index < -0.39 is 11.8 Å². The summed E-state index contributed by atoms with van der Waals surface area (Å²) in [5.74, 6) is 0.866. The first-order valence-corrected chi connectivity index (χ1v) is 17.4. The van der Waals surface area contributed by atoms with E-state index in [-0.39, 0.29) is 31.7 Å². The molecule has 14 heteroatoms. The zero-order valence-corrected chi connectivity index (χ0v) is 30.7. The number of thiocarbonyl (C=S) groups is 2. The second-order valence-electron chi connectivity index (χ2n) is 11.2. The Morgan fingerprint density at radius 1 is 0.585 bits per heavy atom. The van der Waals surface area contributed by atoms with E-state index >= 15 is 0 Å². The number of carbonyl (C=O) groups is 2. The van der Waals surface area contributed by atoms with Gasteiger partial charge in [-0.2, -0.15) is 0 Å². The molecular formula is C39H28Cl2N6O4S2. The number of halogens is 2. The SMILES string of the molecule is O=C(NC(=S)Nc1cccc(OCc2cccc(-c3cccc(Oc4cccc(NC(=S)NC(=O)c5cccnc5Cl)c4)c3)c2)c1)c1cccnc1Cl. The highest BCUT2D eigenvalue weighted by Gasteiger charge is 2.14. The number of amides is 2. The van der Waals surface area contributed by atoms with Gasteiger partial charge in [0.1, 0.15) is 34.2 Å². The van der Waals surface area contributed by atoms with Gasteiger partial charge in [0.25, 0.3) is 11.8 Å². The van der Waals surface area contributed by atoms with Crippen LogP contribution in [-0.2, 0) is 6.61 Å². The number of ether oxygens (including phenoxy) is 2. The lowest BCUT2D eigenvalue weighted by Crippen LogP contribution is -2.34. The molecule has 0 bridgehead atoms. The highest BCUT2D eigenvalue weighted by atomic mass is 35.5. The van der Waals surface area contributed by atoms with E-state index in [0.29, 0.717) is 35.2 Å². The third-order valence-corrected chi connectivity index (χ3v) is 8.39. The van der Waals surface area contributed by atoms with E-state index in [4.69, 9.17) is 57.1 Å². The Hall–Kier alpha value is -5.92. The molecule has 0 aliphatic rings. The Kier molecular flexibility index (Phi) is 12.2. The summed E-state index contributed by atoms with van der Waals surface area (Å²) in [6.45, 7) is 0.311. The Morgan fingerprint density at radius 3 is 1.66 bits per heavy atom. The molecule has 4 N–H and O–H groups in total. The van der Waals surface area contributed by atoms with Crippen molar-refractivity contribution >= 4 is 81.1 Å². The van der Waals surface area contributed by atoms with Crippen molar-refractivity contribution in [2.24, 2.45) is 0 Å². The normalized spacial score (nSPS) is 10.5. The summed E-state index contributed by atoms with van der Waals surface area (Å²) in [7, 11) is 0. The molecule has 2 heterocycles. The summed E-state index contributed by atoms with van der Waals surface area (Å²) in [5, 5.41) is 11.6. The van der Waals surface area contributed by atoms with E-state index in [1.54, 1.807) is 48.5 Å². The van der Waals surface area contributed by atoms with Crippen LogP contribution < -0.4 is 30.7 Å². The van der Waals surface area contributed by atoms with Crippen LogP contribution in [0.1, 0.15) is 26.3 Å². The standard InChI is InChI=1S/C39H28Cl2N6O4S2/c40-34-32(15-5-17-42-34)36(48)46-38(52)44-27-10-3-12-29(21-27)50-23-24-7-1-8-25(19-24)26-9-2-13-30(20-26)51-31-14-4-11-28(22-31)45-39(53)47-37(49)33-16-6-18-43-35(33)41/h1-22H,23H2,(H2,44,46,48,52)(H2,45,47,49,53). The predicted octanol–water partition coefficient (Wildman–Crippen LogP) is 9.08. The molecule has 0 unspecified atom stereocenters. The summed E-state index contributed by atoms with van der Waals surface area (Å²) in [4.78, 5) is 32.9. The molecule has 4 aromatic carbocycles. The van der Waals surface area contributed by atoms with Crippen LogP contribution in [-0.4, -0.2) is 32.0 Å². The third kappa shape index (κ3) is 10.3. The maximum atomic E-state index is 12.5. The molecule has 0 aliphatic heterocycles. The molecule has 264 valence electrons. The number of benzene rings is 4. The quantitative estimate of drug-likeness (QED) is 0.0791. The van der Waals surface area contributed by atoms with Gasteiger partial charge in [0, 0.05) is 35.9 Å². The van der Waals surface area contributed by atoms with Gasteiger partial charge < -0.3 is 20.1 Å². The van der Waals surface area contributed by atoms with Crippen molar-refractivity contribution in [1.29, 1.82) is 0 Å². The lowest BCUT2D eigenvalue weighted by atomic mass is 10.0. The Morgan fingerprint density at radius 2 is 1.08 bits per heavy atom. The molecular weight excluding hydrogens is 752 g/mol. The fourth-order valence-electron chi connectivity index (χ4n) is 4.96. The largest absolute Gasteiger partial charge is 0.489 e. The van der Waals surface area contributed by atoms with E-state index in [1.165, 1.54) is 12.4 Å². The molecule has 0 aliphatic carbocycles. The molecule has 0 fully saturated rings. The first kappa shape index (κ1) is 36.9. The predicted molar refractivity (Wildman–Crippen MR) is 215 cm³/mol. The summed E-state index contributed by atoms with van der Waals surface area (Å²) in [6.07, 6.45) is 3.00. The van der Waals surface area contributed by atoms with Gasteiger partial charge in [-0.3, -0.25) is 20.2 Å². The van der Waals surface area contributed by atoms with Gasteiger partial charge in [0.2, 0.25) is 0 Å². The van der Waals surface area contributed by atoms with Crippen LogP contribution in [0.15, 0.2) is 134 Å².